The maximum atomic E-state index is 12.2. The molecule has 1 aromatic heterocycles. The second kappa shape index (κ2) is 13.3. The summed E-state index contributed by atoms with van der Waals surface area (Å²) < 4.78 is 5.39. The van der Waals surface area contributed by atoms with Crippen LogP contribution in [-0.2, 0) is 17.6 Å². The number of H-pyrrole nitrogens is 1. The number of amides is 1. The maximum Gasteiger partial charge on any atom is 0.407 e. The molecule has 0 saturated carbocycles. The van der Waals surface area contributed by atoms with Crippen LogP contribution < -0.4 is 5.32 Å². The Kier molecular flexibility index (Phi) is 10.5. The number of ether oxygens (including phenoxy) is 1. The first-order chi connectivity index (χ1) is 16.1. The van der Waals surface area contributed by atoms with Gasteiger partial charge in [-0.2, -0.15) is 0 Å². The molecule has 6 heteroatoms. The van der Waals surface area contributed by atoms with Gasteiger partial charge in [0.05, 0.1) is 6.20 Å². The summed E-state index contributed by atoms with van der Waals surface area (Å²) in [6.07, 6.45) is 4.23. The average Bonchev–Trinajstić information content (AvgIpc) is 3.23. The fourth-order valence-corrected chi connectivity index (χ4v) is 3.32. The van der Waals surface area contributed by atoms with Gasteiger partial charge >= 0.3 is 6.09 Å². The zero-order valence-electron chi connectivity index (χ0n) is 20.9. The van der Waals surface area contributed by atoms with E-state index < -0.39 is 11.7 Å². The third-order valence-electron chi connectivity index (χ3n) is 4.96. The van der Waals surface area contributed by atoms with Gasteiger partial charge in [0.2, 0.25) is 0 Å². The van der Waals surface area contributed by atoms with Gasteiger partial charge in [-0.3, -0.25) is 4.79 Å². The van der Waals surface area contributed by atoms with Gasteiger partial charge in [-0.25, -0.2) is 9.78 Å². The summed E-state index contributed by atoms with van der Waals surface area (Å²) in [5, 5.41) is 2.99. The summed E-state index contributed by atoms with van der Waals surface area (Å²) in [6.45, 7) is 9.14. The lowest BCUT2D eigenvalue weighted by Crippen LogP contribution is -2.40. The highest BCUT2D eigenvalue weighted by atomic mass is 16.6. The molecule has 2 N–H and O–H groups in total. The predicted molar refractivity (Wildman–Crippen MR) is 136 cm³/mol. The Morgan fingerprint density at radius 2 is 1.65 bits per heavy atom. The molecule has 0 radical (unpaired) electrons. The summed E-state index contributed by atoms with van der Waals surface area (Å²) in [7, 11) is 0. The van der Waals surface area contributed by atoms with Crippen molar-refractivity contribution in [3.8, 4) is 0 Å². The lowest BCUT2D eigenvalue weighted by Gasteiger charge is -2.24. The standard InChI is InChI=1S/C21H29N3O3.C7H8/c1-15(25)18-14-22-19(24-18)12-8-11-17(13-16-9-6-5-7-10-16)23-20(26)27-21(2,3)4;1-7-5-3-2-4-6-7/h5-7,9-10,14,17H,8,11-13H2,1-4H3,(H,22,24)(H,23,26);2-6H,1H3. The third-order valence-corrected chi connectivity index (χ3v) is 4.96. The van der Waals surface area contributed by atoms with Gasteiger partial charge in [0, 0.05) is 19.4 Å². The molecule has 0 fully saturated rings. The van der Waals surface area contributed by atoms with Crippen LogP contribution in [0, 0.1) is 6.92 Å². The minimum Gasteiger partial charge on any atom is -0.444 e. The van der Waals surface area contributed by atoms with Crippen LogP contribution in [0.1, 0.15) is 68.0 Å². The highest BCUT2D eigenvalue weighted by Gasteiger charge is 2.20. The largest absolute Gasteiger partial charge is 0.444 e. The smallest absolute Gasteiger partial charge is 0.407 e. The van der Waals surface area contributed by atoms with Gasteiger partial charge in [0.25, 0.3) is 0 Å². The number of benzene rings is 2. The molecule has 0 spiro atoms. The number of aromatic amines is 1. The van der Waals surface area contributed by atoms with Crippen molar-refractivity contribution in [2.45, 2.75) is 71.9 Å². The van der Waals surface area contributed by atoms with Crippen LogP contribution >= 0.6 is 0 Å². The number of aromatic nitrogens is 2. The maximum absolute atomic E-state index is 12.2. The summed E-state index contributed by atoms with van der Waals surface area (Å²) in [4.78, 5) is 30.8. The highest BCUT2D eigenvalue weighted by Crippen LogP contribution is 2.12. The van der Waals surface area contributed by atoms with Crippen molar-refractivity contribution in [1.82, 2.24) is 15.3 Å². The lowest BCUT2D eigenvalue weighted by molar-refractivity contribution is 0.0501. The highest BCUT2D eigenvalue weighted by molar-refractivity contribution is 5.91. The molecule has 0 saturated heterocycles. The quantitative estimate of drug-likeness (QED) is 0.397. The van der Waals surface area contributed by atoms with E-state index in [2.05, 4.69) is 46.5 Å². The second-order valence-corrected chi connectivity index (χ2v) is 9.38. The molecule has 0 aliphatic heterocycles. The van der Waals surface area contributed by atoms with Gasteiger partial charge in [0.1, 0.15) is 17.1 Å². The van der Waals surface area contributed by atoms with E-state index in [1.165, 1.54) is 12.5 Å². The number of Topliss-reactive ketones (excluding diaryl/α,β-unsaturated/α-hetero) is 1. The molecular weight excluding hydrogens is 426 g/mol. The van der Waals surface area contributed by atoms with E-state index in [9.17, 15) is 9.59 Å². The number of nitrogens with one attached hydrogen (secondary N) is 2. The number of ketones is 1. The Morgan fingerprint density at radius 1 is 1.03 bits per heavy atom. The summed E-state index contributed by atoms with van der Waals surface area (Å²) in [6, 6.07) is 20.3. The Morgan fingerprint density at radius 3 is 2.15 bits per heavy atom. The van der Waals surface area contributed by atoms with E-state index in [1.807, 2.05) is 57.2 Å². The van der Waals surface area contributed by atoms with Crippen molar-refractivity contribution in [2.24, 2.45) is 0 Å². The number of imidazole rings is 1. The Balaban J connectivity index is 0.000000497. The normalized spacial score (nSPS) is 11.7. The summed E-state index contributed by atoms with van der Waals surface area (Å²) >= 11 is 0. The molecule has 1 unspecified atom stereocenters. The Labute approximate surface area is 203 Å². The molecule has 1 amide bonds. The molecule has 0 aliphatic carbocycles. The summed E-state index contributed by atoms with van der Waals surface area (Å²) in [5.74, 6) is 0.762. The van der Waals surface area contributed by atoms with Crippen LogP contribution in [0.5, 0.6) is 0 Å². The topological polar surface area (TPSA) is 84.1 Å². The molecule has 3 rings (SSSR count). The van der Waals surface area contributed by atoms with E-state index in [0.717, 1.165) is 30.7 Å². The zero-order chi connectivity index (χ0) is 25.0. The first kappa shape index (κ1) is 26.8. The third kappa shape index (κ3) is 10.9. The number of rotatable bonds is 8. The molecule has 1 heterocycles. The predicted octanol–water partition coefficient (Wildman–Crippen LogP) is 6.07. The van der Waals surface area contributed by atoms with Crippen LogP contribution in [0.2, 0.25) is 0 Å². The van der Waals surface area contributed by atoms with Crippen molar-refractivity contribution < 1.29 is 14.3 Å². The van der Waals surface area contributed by atoms with Gasteiger partial charge < -0.3 is 15.0 Å². The van der Waals surface area contributed by atoms with Crippen LogP contribution in [0.4, 0.5) is 4.79 Å². The van der Waals surface area contributed by atoms with Crippen molar-refractivity contribution in [3.63, 3.8) is 0 Å². The number of nitrogens with zero attached hydrogens (tertiary/aromatic N) is 1. The first-order valence-electron chi connectivity index (χ1n) is 11.7. The molecule has 6 nitrogen and oxygen atoms in total. The lowest BCUT2D eigenvalue weighted by atomic mass is 10.0. The van der Waals surface area contributed by atoms with E-state index in [4.69, 9.17) is 4.74 Å². The number of alkyl carbamates (subject to hydrolysis) is 1. The van der Waals surface area contributed by atoms with E-state index in [1.54, 1.807) is 6.20 Å². The molecule has 182 valence electrons. The molecule has 2 aromatic carbocycles. The first-order valence-corrected chi connectivity index (χ1v) is 11.7. The molecule has 0 bridgehead atoms. The van der Waals surface area contributed by atoms with Crippen molar-refractivity contribution in [2.75, 3.05) is 0 Å². The number of carbonyl (C=O) groups excluding carboxylic acids is 2. The minimum atomic E-state index is -0.529. The van der Waals surface area contributed by atoms with Crippen LogP contribution in [0.3, 0.4) is 0 Å². The fourth-order valence-electron chi connectivity index (χ4n) is 3.32. The molecule has 1 atom stereocenters. The van der Waals surface area contributed by atoms with Crippen LogP contribution in [-0.4, -0.2) is 33.5 Å². The molecule has 0 aliphatic rings. The van der Waals surface area contributed by atoms with Gasteiger partial charge in [-0.1, -0.05) is 66.2 Å². The van der Waals surface area contributed by atoms with Crippen molar-refractivity contribution >= 4 is 11.9 Å². The van der Waals surface area contributed by atoms with E-state index in [0.29, 0.717) is 12.1 Å². The van der Waals surface area contributed by atoms with Gasteiger partial charge in [-0.15, -0.1) is 0 Å². The number of carbonyl (C=O) groups is 2. The summed E-state index contributed by atoms with van der Waals surface area (Å²) in [5.41, 5.74) is 2.48. The molecule has 3 aromatic rings. The Bertz CT molecular complexity index is 1010. The Hall–Kier alpha value is -3.41. The fraction of sp³-hybridized carbons (Fsp3) is 0.393. The van der Waals surface area contributed by atoms with Crippen molar-refractivity contribution in [3.05, 3.63) is 89.5 Å². The molecule has 34 heavy (non-hydrogen) atoms. The minimum absolute atomic E-state index is 0.0257. The number of hydrogen-bond donors (Lipinski definition) is 2. The average molecular weight is 464 g/mol. The number of aryl methyl sites for hydroxylation is 2. The van der Waals surface area contributed by atoms with E-state index >= 15 is 0 Å². The monoisotopic (exact) mass is 463 g/mol. The molecular formula is C28H37N3O3. The van der Waals surface area contributed by atoms with Crippen LogP contribution in [0.25, 0.3) is 0 Å². The van der Waals surface area contributed by atoms with Gasteiger partial charge in [0.15, 0.2) is 5.78 Å². The zero-order valence-corrected chi connectivity index (χ0v) is 20.9. The number of hydrogen-bond acceptors (Lipinski definition) is 4. The second-order valence-electron chi connectivity index (χ2n) is 9.38. The SMILES string of the molecule is CC(=O)c1cnc(CCCC(Cc2ccccc2)NC(=O)OC(C)(C)C)[nH]1.Cc1ccccc1. The van der Waals surface area contributed by atoms with Gasteiger partial charge in [-0.05, 0) is 52.5 Å². The van der Waals surface area contributed by atoms with Crippen molar-refractivity contribution in [1.29, 1.82) is 0 Å². The van der Waals surface area contributed by atoms with Crippen LogP contribution in [0.15, 0.2) is 66.9 Å². The van der Waals surface area contributed by atoms with E-state index in [-0.39, 0.29) is 11.8 Å².